The average molecular weight is 270 g/mol. The highest BCUT2D eigenvalue weighted by Crippen LogP contribution is 2.29. The molecule has 0 saturated carbocycles. The number of nitrogens with zero attached hydrogens (tertiary/aromatic N) is 1. The summed E-state index contributed by atoms with van der Waals surface area (Å²) in [4.78, 5) is 7.52. The first-order valence-corrected chi connectivity index (χ1v) is 6.07. The molecule has 5 heteroatoms. The molecule has 0 saturated heterocycles. The van der Waals surface area contributed by atoms with Crippen LogP contribution in [0.4, 0.5) is 0 Å². The number of hydrogen-bond donors (Lipinski definition) is 2. The predicted octanol–water partition coefficient (Wildman–Crippen LogP) is 3.45. The van der Waals surface area contributed by atoms with Crippen molar-refractivity contribution < 1.29 is 0 Å². The van der Waals surface area contributed by atoms with Crippen molar-refractivity contribution in [3.05, 3.63) is 40.3 Å². The largest absolute Gasteiger partial charge is 0.342 e. The third-order valence-corrected chi connectivity index (χ3v) is 3.18. The zero-order valence-electron chi connectivity index (χ0n) is 9.37. The van der Waals surface area contributed by atoms with E-state index in [1.54, 1.807) is 18.3 Å². The van der Waals surface area contributed by atoms with Crippen molar-refractivity contribution in [2.75, 3.05) is 6.54 Å². The molecule has 0 amide bonds. The highest BCUT2D eigenvalue weighted by molar-refractivity contribution is 6.36. The molecule has 0 aliphatic carbocycles. The number of rotatable bonds is 3. The van der Waals surface area contributed by atoms with E-state index in [9.17, 15) is 0 Å². The topological polar surface area (TPSA) is 54.7 Å². The molecule has 0 aliphatic rings. The smallest absolute Gasteiger partial charge is 0.110 e. The number of aromatic nitrogens is 2. The number of halogens is 2. The first-order valence-electron chi connectivity index (χ1n) is 5.32. The minimum atomic E-state index is 0.204. The quantitative estimate of drug-likeness (QED) is 0.897. The van der Waals surface area contributed by atoms with Crippen molar-refractivity contribution >= 4 is 23.2 Å². The summed E-state index contributed by atoms with van der Waals surface area (Å²) in [5.74, 6) is 1.07. The fourth-order valence-corrected chi connectivity index (χ4v) is 2.05. The molecule has 17 heavy (non-hydrogen) atoms. The highest BCUT2D eigenvalue weighted by atomic mass is 35.5. The van der Waals surface area contributed by atoms with Crippen LogP contribution < -0.4 is 5.73 Å². The zero-order chi connectivity index (χ0) is 12.4. The average Bonchev–Trinajstić information content (AvgIpc) is 2.77. The number of hydrogen-bond acceptors (Lipinski definition) is 2. The van der Waals surface area contributed by atoms with Gasteiger partial charge in [-0.15, -0.1) is 0 Å². The Bertz CT molecular complexity index is 522. The summed E-state index contributed by atoms with van der Waals surface area (Å²) in [6.07, 6.45) is 1.76. The van der Waals surface area contributed by atoms with Crippen LogP contribution in [0.15, 0.2) is 24.4 Å². The van der Waals surface area contributed by atoms with Crippen LogP contribution in [0.25, 0.3) is 11.3 Å². The summed E-state index contributed by atoms with van der Waals surface area (Å²) in [5, 5.41) is 1.22. The van der Waals surface area contributed by atoms with E-state index in [4.69, 9.17) is 28.9 Å². The predicted molar refractivity (Wildman–Crippen MR) is 71.5 cm³/mol. The van der Waals surface area contributed by atoms with Gasteiger partial charge in [0, 0.05) is 23.0 Å². The minimum Gasteiger partial charge on any atom is -0.342 e. The fourth-order valence-electron chi connectivity index (χ4n) is 1.54. The van der Waals surface area contributed by atoms with Gasteiger partial charge >= 0.3 is 0 Å². The molecule has 3 nitrogen and oxygen atoms in total. The van der Waals surface area contributed by atoms with Crippen LogP contribution in [0, 0.1) is 0 Å². The van der Waals surface area contributed by atoms with Crippen molar-refractivity contribution in [1.29, 1.82) is 0 Å². The van der Waals surface area contributed by atoms with Gasteiger partial charge in [-0.25, -0.2) is 4.98 Å². The van der Waals surface area contributed by atoms with Gasteiger partial charge in [-0.3, -0.25) is 0 Å². The van der Waals surface area contributed by atoms with E-state index in [1.165, 1.54) is 0 Å². The van der Waals surface area contributed by atoms with E-state index in [0.717, 1.165) is 17.1 Å². The molecule has 3 N–H and O–H groups in total. The molecule has 2 rings (SSSR count). The van der Waals surface area contributed by atoms with Crippen molar-refractivity contribution in [2.45, 2.75) is 12.8 Å². The molecule has 90 valence electrons. The van der Waals surface area contributed by atoms with E-state index in [-0.39, 0.29) is 5.92 Å². The van der Waals surface area contributed by atoms with Gasteiger partial charge in [-0.2, -0.15) is 0 Å². The lowest BCUT2D eigenvalue weighted by atomic mass is 10.1. The fraction of sp³-hybridized carbons (Fsp3) is 0.250. The Hall–Kier alpha value is -1.03. The second-order valence-electron chi connectivity index (χ2n) is 3.94. The number of nitrogens with two attached hydrogens (primary N) is 1. The molecule has 2 aromatic rings. The van der Waals surface area contributed by atoms with Gasteiger partial charge in [-0.05, 0) is 18.2 Å². The van der Waals surface area contributed by atoms with Crippen LogP contribution in [0.3, 0.4) is 0 Å². The summed E-state index contributed by atoms with van der Waals surface area (Å²) in [6, 6.07) is 5.38. The zero-order valence-corrected chi connectivity index (χ0v) is 10.9. The summed E-state index contributed by atoms with van der Waals surface area (Å²) >= 11 is 12.0. The first kappa shape index (κ1) is 12.4. The minimum absolute atomic E-state index is 0.204. The number of nitrogens with one attached hydrogen (secondary N) is 1. The molecule has 1 aromatic heterocycles. The number of benzene rings is 1. The molecule has 0 bridgehead atoms. The molecule has 0 fully saturated rings. The van der Waals surface area contributed by atoms with Gasteiger partial charge in [0.05, 0.1) is 16.9 Å². The Morgan fingerprint density at radius 3 is 2.82 bits per heavy atom. The molecule has 0 spiro atoms. The third-order valence-electron chi connectivity index (χ3n) is 2.64. The van der Waals surface area contributed by atoms with Crippen molar-refractivity contribution in [2.24, 2.45) is 5.73 Å². The molecule has 0 radical (unpaired) electrons. The Balaban J connectivity index is 2.37. The van der Waals surface area contributed by atoms with E-state index in [2.05, 4.69) is 9.97 Å². The van der Waals surface area contributed by atoms with Gasteiger partial charge in [0.1, 0.15) is 5.82 Å². The van der Waals surface area contributed by atoms with Crippen LogP contribution in [-0.2, 0) is 0 Å². The van der Waals surface area contributed by atoms with E-state index in [0.29, 0.717) is 16.6 Å². The van der Waals surface area contributed by atoms with Crippen LogP contribution in [0.1, 0.15) is 18.7 Å². The van der Waals surface area contributed by atoms with E-state index in [1.807, 2.05) is 13.0 Å². The monoisotopic (exact) mass is 269 g/mol. The summed E-state index contributed by atoms with van der Waals surface area (Å²) in [6.45, 7) is 2.58. The lowest BCUT2D eigenvalue weighted by Crippen LogP contribution is -2.10. The number of H-pyrrole nitrogens is 1. The lowest BCUT2D eigenvalue weighted by Gasteiger charge is -2.04. The van der Waals surface area contributed by atoms with Crippen molar-refractivity contribution in [3.63, 3.8) is 0 Å². The van der Waals surface area contributed by atoms with Gasteiger partial charge in [0.25, 0.3) is 0 Å². The third kappa shape index (κ3) is 2.63. The summed E-state index contributed by atoms with van der Waals surface area (Å²) in [5.41, 5.74) is 7.36. The molecule has 1 atom stereocenters. The van der Waals surface area contributed by atoms with Gasteiger partial charge in [-0.1, -0.05) is 30.1 Å². The van der Waals surface area contributed by atoms with Gasteiger partial charge < -0.3 is 10.7 Å². The number of imidazole rings is 1. The second-order valence-corrected chi connectivity index (χ2v) is 4.79. The molecular formula is C12H13Cl2N3. The molecular weight excluding hydrogens is 257 g/mol. The first-order chi connectivity index (χ1) is 8.11. The lowest BCUT2D eigenvalue weighted by molar-refractivity contribution is 0.725. The normalized spacial score (nSPS) is 12.7. The standard InChI is InChI=1S/C12H13Cl2N3/c1-7(5-15)12-16-6-11(17-12)9-3-2-8(13)4-10(9)14/h2-4,6-7H,5,15H2,1H3,(H,16,17). The second kappa shape index (κ2) is 5.08. The molecule has 1 unspecified atom stereocenters. The molecule has 0 aliphatic heterocycles. The Labute approximate surface area is 110 Å². The molecule has 1 heterocycles. The Morgan fingerprint density at radius 1 is 1.41 bits per heavy atom. The Kier molecular flexibility index (Phi) is 3.72. The maximum absolute atomic E-state index is 6.13. The highest BCUT2D eigenvalue weighted by Gasteiger charge is 2.11. The van der Waals surface area contributed by atoms with Crippen molar-refractivity contribution in [3.8, 4) is 11.3 Å². The van der Waals surface area contributed by atoms with Crippen LogP contribution >= 0.6 is 23.2 Å². The van der Waals surface area contributed by atoms with E-state index >= 15 is 0 Å². The summed E-state index contributed by atoms with van der Waals surface area (Å²) in [7, 11) is 0. The SMILES string of the molecule is CC(CN)c1ncc(-c2ccc(Cl)cc2Cl)[nH]1. The molecule has 1 aromatic carbocycles. The van der Waals surface area contributed by atoms with E-state index < -0.39 is 0 Å². The van der Waals surface area contributed by atoms with Gasteiger partial charge in [0.15, 0.2) is 0 Å². The maximum Gasteiger partial charge on any atom is 0.110 e. The van der Waals surface area contributed by atoms with Crippen LogP contribution in [0.5, 0.6) is 0 Å². The van der Waals surface area contributed by atoms with Crippen LogP contribution in [-0.4, -0.2) is 16.5 Å². The number of aromatic amines is 1. The van der Waals surface area contributed by atoms with Crippen molar-refractivity contribution in [1.82, 2.24) is 9.97 Å². The van der Waals surface area contributed by atoms with Gasteiger partial charge in [0.2, 0.25) is 0 Å². The maximum atomic E-state index is 6.13. The Morgan fingerprint density at radius 2 is 2.18 bits per heavy atom. The summed E-state index contributed by atoms with van der Waals surface area (Å²) < 4.78 is 0. The van der Waals surface area contributed by atoms with Crippen LogP contribution in [0.2, 0.25) is 10.0 Å².